The zero-order valence-corrected chi connectivity index (χ0v) is 12.7. The Morgan fingerprint density at radius 1 is 1.24 bits per heavy atom. The van der Waals surface area contributed by atoms with Crippen LogP contribution in [-0.2, 0) is 6.54 Å². The minimum absolute atomic E-state index is 0.431. The molecule has 2 aromatic heterocycles. The summed E-state index contributed by atoms with van der Waals surface area (Å²) in [4.78, 5) is 4.34. The molecule has 21 heavy (non-hydrogen) atoms. The van der Waals surface area contributed by atoms with Crippen molar-refractivity contribution in [2.24, 2.45) is 5.73 Å². The van der Waals surface area contributed by atoms with Crippen molar-refractivity contribution in [3.8, 4) is 5.69 Å². The van der Waals surface area contributed by atoms with Crippen molar-refractivity contribution in [1.82, 2.24) is 14.8 Å². The van der Waals surface area contributed by atoms with Gasteiger partial charge in [0, 0.05) is 12.1 Å². The zero-order valence-electron chi connectivity index (χ0n) is 11.9. The van der Waals surface area contributed by atoms with Crippen LogP contribution in [0.4, 0.5) is 0 Å². The van der Waals surface area contributed by atoms with Gasteiger partial charge < -0.3 is 10.2 Å². The topological polar surface area (TPSA) is 69.9 Å². The van der Waals surface area contributed by atoms with Crippen molar-refractivity contribution >= 4 is 11.8 Å². The predicted molar refractivity (Wildman–Crippen MR) is 81.6 cm³/mol. The van der Waals surface area contributed by atoms with Gasteiger partial charge in [0.05, 0.1) is 17.1 Å². The molecule has 6 heteroatoms. The Kier molecular flexibility index (Phi) is 3.81. The second-order valence-electron chi connectivity index (χ2n) is 4.68. The Labute approximate surface area is 127 Å². The van der Waals surface area contributed by atoms with Crippen LogP contribution in [0.3, 0.4) is 0 Å². The second kappa shape index (κ2) is 5.75. The van der Waals surface area contributed by atoms with Gasteiger partial charge in [-0.15, -0.1) is 0 Å². The lowest BCUT2D eigenvalue weighted by molar-refractivity contribution is 0.453. The molecule has 0 aliphatic carbocycles. The number of rotatable bonds is 4. The number of nitrogens with zero attached hydrogens (tertiary/aromatic N) is 3. The van der Waals surface area contributed by atoms with Crippen LogP contribution in [0.1, 0.15) is 17.0 Å². The third-order valence-corrected chi connectivity index (χ3v) is 4.10. The molecule has 0 bridgehead atoms. The van der Waals surface area contributed by atoms with Crippen molar-refractivity contribution in [3.05, 3.63) is 53.5 Å². The Hall–Kier alpha value is -2.05. The second-order valence-corrected chi connectivity index (χ2v) is 5.62. The number of benzene rings is 1. The lowest BCUT2D eigenvalue weighted by Gasteiger charge is -2.06. The summed E-state index contributed by atoms with van der Waals surface area (Å²) in [5.74, 6) is 0. The van der Waals surface area contributed by atoms with Gasteiger partial charge in [-0.3, -0.25) is 0 Å². The summed E-state index contributed by atoms with van der Waals surface area (Å²) in [5.41, 5.74) is 9.67. The minimum atomic E-state index is 0.431. The van der Waals surface area contributed by atoms with E-state index in [-0.39, 0.29) is 0 Å². The molecule has 0 atom stereocenters. The van der Waals surface area contributed by atoms with Gasteiger partial charge in [0.15, 0.2) is 0 Å². The predicted octanol–water partition coefficient (Wildman–Crippen LogP) is 3.09. The first-order valence-electron chi connectivity index (χ1n) is 6.63. The Balaban J connectivity index is 2.08. The fourth-order valence-corrected chi connectivity index (χ4v) is 3.12. The van der Waals surface area contributed by atoms with Crippen molar-refractivity contribution in [2.45, 2.75) is 30.6 Å². The molecular formula is C15H16N4OS. The van der Waals surface area contributed by atoms with E-state index >= 15 is 0 Å². The van der Waals surface area contributed by atoms with Crippen molar-refractivity contribution in [3.63, 3.8) is 0 Å². The maximum Gasteiger partial charge on any atom is 0.262 e. The summed E-state index contributed by atoms with van der Waals surface area (Å²) >= 11 is 1.44. The number of nitrogens with two attached hydrogens (primary N) is 1. The molecule has 1 aromatic carbocycles. The van der Waals surface area contributed by atoms with Gasteiger partial charge in [0.1, 0.15) is 11.3 Å². The molecule has 0 spiro atoms. The van der Waals surface area contributed by atoms with E-state index in [4.69, 9.17) is 10.2 Å². The zero-order chi connectivity index (χ0) is 14.8. The summed E-state index contributed by atoms with van der Waals surface area (Å²) in [6.07, 6.45) is 1.64. The van der Waals surface area contributed by atoms with Crippen LogP contribution in [-0.4, -0.2) is 14.8 Å². The highest BCUT2D eigenvalue weighted by Crippen LogP contribution is 2.33. The van der Waals surface area contributed by atoms with Crippen molar-refractivity contribution < 1.29 is 4.42 Å². The number of hydrogen-bond donors (Lipinski definition) is 1. The summed E-state index contributed by atoms with van der Waals surface area (Å²) in [6, 6.07) is 9.97. The Morgan fingerprint density at radius 3 is 2.62 bits per heavy atom. The van der Waals surface area contributed by atoms with E-state index in [1.165, 1.54) is 11.8 Å². The van der Waals surface area contributed by atoms with Crippen molar-refractivity contribution in [1.29, 1.82) is 0 Å². The first kappa shape index (κ1) is 13.9. The SMILES string of the molecule is Cc1coc(Sc2c(CN)c(C)nn2-c2ccccc2)n1. The van der Waals surface area contributed by atoms with E-state index in [1.807, 2.05) is 48.9 Å². The first-order valence-corrected chi connectivity index (χ1v) is 7.44. The molecule has 3 aromatic rings. The average molecular weight is 300 g/mol. The summed E-state index contributed by atoms with van der Waals surface area (Å²) in [7, 11) is 0. The molecule has 0 amide bonds. The maximum atomic E-state index is 5.88. The molecule has 2 heterocycles. The van der Waals surface area contributed by atoms with Crippen LogP contribution in [0, 0.1) is 13.8 Å². The number of hydrogen-bond acceptors (Lipinski definition) is 5. The van der Waals surface area contributed by atoms with Crippen LogP contribution in [0.2, 0.25) is 0 Å². The fraction of sp³-hybridized carbons (Fsp3) is 0.200. The average Bonchev–Trinajstić information content (AvgIpc) is 3.04. The maximum absolute atomic E-state index is 5.88. The molecule has 0 fully saturated rings. The third-order valence-electron chi connectivity index (χ3n) is 3.12. The third kappa shape index (κ3) is 2.72. The first-order chi connectivity index (χ1) is 10.2. The summed E-state index contributed by atoms with van der Waals surface area (Å²) < 4.78 is 7.33. The van der Waals surface area contributed by atoms with E-state index in [0.29, 0.717) is 11.8 Å². The molecule has 108 valence electrons. The normalized spacial score (nSPS) is 11.0. The van der Waals surface area contributed by atoms with Gasteiger partial charge >= 0.3 is 0 Å². The van der Waals surface area contributed by atoms with E-state index in [1.54, 1.807) is 6.26 Å². The monoisotopic (exact) mass is 300 g/mol. The van der Waals surface area contributed by atoms with E-state index in [9.17, 15) is 0 Å². The lowest BCUT2D eigenvalue weighted by Crippen LogP contribution is -2.01. The highest BCUT2D eigenvalue weighted by atomic mass is 32.2. The molecular weight excluding hydrogens is 284 g/mol. The molecule has 3 rings (SSSR count). The van der Waals surface area contributed by atoms with Gasteiger partial charge in [-0.05, 0) is 37.7 Å². The lowest BCUT2D eigenvalue weighted by atomic mass is 10.3. The quantitative estimate of drug-likeness (QED) is 0.801. The molecule has 0 radical (unpaired) electrons. The van der Waals surface area contributed by atoms with Crippen LogP contribution < -0.4 is 5.73 Å². The molecule has 2 N–H and O–H groups in total. The van der Waals surface area contributed by atoms with Crippen molar-refractivity contribution in [2.75, 3.05) is 0 Å². The summed E-state index contributed by atoms with van der Waals surface area (Å²) in [5, 5.41) is 6.14. The smallest absolute Gasteiger partial charge is 0.262 e. The molecule has 5 nitrogen and oxygen atoms in total. The Bertz CT molecular complexity index is 748. The van der Waals surface area contributed by atoms with Gasteiger partial charge in [-0.25, -0.2) is 9.67 Å². The molecule has 0 saturated heterocycles. The highest BCUT2D eigenvalue weighted by molar-refractivity contribution is 7.99. The number of oxazole rings is 1. The molecule has 0 aliphatic rings. The number of para-hydroxylation sites is 1. The van der Waals surface area contributed by atoms with Crippen LogP contribution >= 0.6 is 11.8 Å². The van der Waals surface area contributed by atoms with Crippen LogP contribution in [0.5, 0.6) is 0 Å². The molecule has 0 saturated carbocycles. The molecule has 0 unspecified atom stereocenters. The van der Waals surface area contributed by atoms with E-state index < -0.39 is 0 Å². The largest absolute Gasteiger partial charge is 0.439 e. The van der Waals surface area contributed by atoms with Gasteiger partial charge in [-0.2, -0.15) is 5.10 Å². The minimum Gasteiger partial charge on any atom is -0.439 e. The van der Waals surface area contributed by atoms with Crippen LogP contribution in [0.15, 0.2) is 51.3 Å². The van der Waals surface area contributed by atoms with Gasteiger partial charge in [0.2, 0.25) is 0 Å². The summed E-state index contributed by atoms with van der Waals surface area (Å²) in [6.45, 7) is 4.30. The number of aryl methyl sites for hydroxylation is 2. The highest BCUT2D eigenvalue weighted by Gasteiger charge is 2.18. The molecule has 0 aliphatic heterocycles. The van der Waals surface area contributed by atoms with E-state index in [2.05, 4.69) is 10.1 Å². The van der Waals surface area contributed by atoms with Crippen LogP contribution in [0.25, 0.3) is 5.69 Å². The van der Waals surface area contributed by atoms with Gasteiger partial charge in [-0.1, -0.05) is 18.2 Å². The fourth-order valence-electron chi connectivity index (χ4n) is 2.08. The standard InChI is InChI=1S/C15H16N4OS/c1-10-9-20-15(17-10)21-14-13(8-16)11(2)18-19(14)12-6-4-3-5-7-12/h3-7,9H,8,16H2,1-2H3. The van der Waals surface area contributed by atoms with E-state index in [0.717, 1.165) is 27.7 Å². The Morgan fingerprint density at radius 2 is 2.00 bits per heavy atom. The number of aromatic nitrogens is 3. The van der Waals surface area contributed by atoms with Gasteiger partial charge in [0.25, 0.3) is 5.22 Å².